The van der Waals surface area contributed by atoms with Crippen molar-refractivity contribution in [3.05, 3.63) is 35.4 Å². The van der Waals surface area contributed by atoms with E-state index >= 15 is 0 Å². The molecular weight excluding hydrogens is 254 g/mol. The zero-order chi connectivity index (χ0) is 14.0. The third kappa shape index (κ3) is 2.72. The molecule has 1 aromatic carbocycles. The van der Waals surface area contributed by atoms with E-state index in [0.29, 0.717) is 19.5 Å². The van der Waals surface area contributed by atoms with E-state index in [1.165, 1.54) is 21.9 Å². The van der Waals surface area contributed by atoms with Gasteiger partial charge in [-0.15, -0.1) is 0 Å². The number of nitrogens with zero attached hydrogens (tertiary/aromatic N) is 2. The fraction of sp³-hybridized carbons (Fsp3) is 0.385. The lowest BCUT2D eigenvalue weighted by atomic mass is 10.1. The summed E-state index contributed by atoms with van der Waals surface area (Å²) in [5, 5.41) is 0. The summed E-state index contributed by atoms with van der Waals surface area (Å²) in [6.45, 7) is 0.796. The Morgan fingerprint density at radius 2 is 2.00 bits per heavy atom. The molecule has 0 spiro atoms. The summed E-state index contributed by atoms with van der Waals surface area (Å²) in [4.78, 5) is 26.6. The average molecular weight is 268 g/mol. The summed E-state index contributed by atoms with van der Waals surface area (Å²) in [6.07, 6.45) is 0.616. The molecule has 0 radical (unpaired) electrons. The third-order valence-corrected chi connectivity index (χ3v) is 3.14. The van der Waals surface area contributed by atoms with Crippen molar-refractivity contribution in [2.75, 3.05) is 26.7 Å². The van der Waals surface area contributed by atoms with Crippen LogP contribution in [0.15, 0.2) is 18.2 Å². The van der Waals surface area contributed by atoms with Gasteiger partial charge in [-0.25, -0.2) is 8.78 Å². The number of hydrogen-bond donors (Lipinski definition) is 0. The van der Waals surface area contributed by atoms with Crippen LogP contribution in [0.2, 0.25) is 0 Å². The number of rotatable bonds is 1. The Kier molecular flexibility index (Phi) is 3.78. The van der Waals surface area contributed by atoms with Crippen LogP contribution in [0.3, 0.4) is 0 Å². The SMILES string of the molecule is CN1CCCN(C(=O)c2cccc(F)c2F)CC1=O. The predicted molar refractivity (Wildman–Crippen MR) is 64.5 cm³/mol. The predicted octanol–water partition coefficient (Wildman–Crippen LogP) is 1.27. The molecule has 0 aromatic heterocycles. The zero-order valence-corrected chi connectivity index (χ0v) is 10.5. The van der Waals surface area contributed by atoms with Crippen molar-refractivity contribution in [2.24, 2.45) is 0 Å². The molecule has 0 bridgehead atoms. The quantitative estimate of drug-likeness (QED) is 0.769. The van der Waals surface area contributed by atoms with Crippen LogP contribution in [-0.2, 0) is 4.79 Å². The van der Waals surface area contributed by atoms with Gasteiger partial charge in [0, 0.05) is 20.1 Å². The normalized spacial score (nSPS) is 16.5. The number of carbonyl (C=O) groups is 2. The smallest absolute Gasteiger partial charge is 0.257 e. The van der Waals surface area contributed by atoms with E-state index in [2.05, 4.69) is 0 Å². The fourth-order valence-corrected chi connectivity index (χ4v) is 2.00. The lowest BCUT2D eigenvalue weighted by Crippen LogP contribution is -2.38. The molecule has 0 aliphatic carbocycles. The van der Waals surface area contributed by atoms with Crippen LogP contribution in [0.5, 0.6) is 0 Å². The van der Waals surface area contributed by atoms with Crippen LogP contribution in [0.1, 0.15) is 16.8 Å². The number of halogens is 2. The van der Waals surface area contributed by atoms with Gasteiger partial charge in [0.15, 0.2) is 11.6 Å². The van der Waals surface area contributed by atoms with Crippen LogP contribution in [-0.4, -0.2) is 48.3 Å². The molecule has 0 atom stereocenters. The number of amides is 2. The lowest BCUT2D eigenvalue weighted by molar-refractivity contribution is -0.129. The molecule has 0 saturated carbocycles. The molecule has 0 unspecified atom stereocenters. The number of hydrogen-bond acceptors (Lipinski definition) is 2. The highest BCUT2D eigenvalue weighted by Crippen LogP contribution is 2.15. The van der Waals surface area contributed by atoms with Gasteiger partial charge in [-0.2, -0.15) is 0 Å². The Bertz CT molecular complexity index is 519. The van der Waals surface area contributed by atoms with Crippen molar-refractivity contribution in [3.63, 3.8) is 0 Å². The van der Waals surface area contributed by atoms with Crippen LogP contribution in [0, 0.1) is 11.6 Å². The minimum Gasteiger partial charge on any atom is -0.344 e. The number of benzene rings is 1. The van der Waals surface area contributed by atoms with Crippen LogP contribution in [0.25, 0.3) is 0 Å². The molecular formula is C13H14F2N2O2. The van der Waals surface area contributed by atoms with E-state index in [0.717, 1.165) is 6.07 Å². The molecule has 1 aliphatic rings. The van der Waals surface area contributed by atoms with E-state index in [9.17, 15) is 18.4 Å². The van der Waals surface area contributed by atoms with Crippen molar-refractivity contribution in [2.45, 2.75) is 6.42 Å². The van der Waals surface area contributed by atoms with Gasteiger partial charge in [-0.1, -0.05) is 6.07 Å². The number of likely N-dealkylation sites (N-methyl/N-ethyl adjacent to an activating group) is 1. The molecule has 4 nitrogen and oxygen atoms in total. The van der Waals surface area contributed by atoms with Crippen molar-refractivity contribution >= 4 is 11.8 Å². The molecule has 1 saturated heterocycles. The molecule has 2 rings (SSSR count). The van der Waals surface area contributed by atoms with Gasteiger partial charge in [0.1, 0.15) is 6.54 Å². The Balaban J connectivity index is 2.24. The minimum absolute atomic E-state index is 0.106. The van der Waals surface area contributed by atoms with Crippen molar-refractivity contribution in [3.8, 4) is 0 Å². The highest BCUT2D eigenvalue weighted by atomic mass is 19.2. The number of carbonyl (C=O) groups excluding carboxylic acids is 2. The average Bonchev–Trinajstić information content (AvgIpc) is 2.55. The van der Waals surface area contributed by atoms with Crippen LogP contribution >= 0.6 is 0 Å². The largest absolute Gasteiger partial charge is 0.344 e. The fourth-order valence-electron chi connectivity index (χ4n) is 2.00. The van der Waals surface area contributed by atoms with E-state index in [4.69, 9.17) is 0 Å². The maximum atomic E-state index is 13.6. The first kappa shape index (κ1) is 13.5. The highest BCUT2D eigenvalue weighted by Gasteiger charge is 2.26. The molecule has 102 valence electrons. The van der Waals surface area contributed by atoms with Gasteiger partial charge in [0.2, 0.25) is 5.91 Å². The van der Waals surface area contributed by atoms with Crippen molar-refractivity contribution in [1.82, 2.24) is 9.80 Å². The molecule has 1 aromatic rings. The van der Waals surface area contributed by atoms with Crippen LogP contribution in [0.4, 0.5) is 8.78 Å². The Morgan fingerprint density at radius 3 is 2.74 bits per heavy atom. The van der Waals surface area contributed by atoms with Gasteiger partial charge in [0.25, 0.3) is 5.91 Å². The second-order valence-electron chi connectivity index (χ2n) is 4.50. The topological polar surface area (TPSA) is 40.6 Å². The molecule has 19 heavy (non-hydrogen) atoms. The Hall–Kier alpha value is -1.98. The highest BCUT2D eigenvalue weighted by molar-refractivity contribution is 5.96. The lowest BCUT2D eigenvalue weighted by Gasteiger charge is -2.20. The molecule has 2 amide bonds. The summed E-state index contributed by atoms with van der Waals surface area (Å²) in [5.74, 6) is -3.09. The van der Waals surface area contributed by atoms with Crippen LogP contribution < -0.4 is 0 Å². The Labute approximate surface area is 109 Å². The van der Waals surface area contributed by atoms with Gasteiger partial charge in [0.05, 0.1) is 5.56 Å². The molecule has 1 heterocycles. The second kappa shape index (κ2) is 5.34. The van der Waals surface area contributed by atoms with E-state index in [1.807, 2.05) is 0 Å². The maximum Gasteiger partial charge on any atom is 0.257 e. The summed E-state index contributed by atoms with van der Waals surface area (Å²) >= 11 is 0. The first-order valence-corrected chi connectivity index (χ1v) is 5.98. The first-order valence-electron chi connectivity index (χ1n) is 5.98. The van der Waals surface area contributed by atoms with Crippen molar-refractivity contribution < 1.29 is 18.4 Å². The molecule has 0 N–H and O–H groups in total. The monoisotopic (exact) mass is 268 g/mol. The third-order valence-electron chi connectivity index (χ3n) is 3.14. The zero-order valence-electron chi connectivity index (χ0n) is 10.5. The minimum atomic E-state index is -1.17. The second-order valence-corrected chi connectivity index (χ2v) is 4.50. The van der Waals surface area contributed by atoms with Gasteiger partial charge in [-0.3, -0.25) is 9.59 Å². The van der Waals surface area contributed by atoms with Gasteiger partial charge < -0.3 is 9.80 Å². The van der Waals surface area contributed by atoms with Gasteiger partial charge >= 0.3 is 0 Å². The summed E-state index contributed by atoms with van der Waals surface area (Å²) in [5.41, 5.74) is -0.336. The summed E-state index contributed by atoms with van der Waals surface area (Å²) < 4.78 is 26.7. The van der Waals surface area contributed by atoms with E-state index < -0.39 is 17.5 Å². The Morgan fingerprint density at radius 1 is 1.26 bits per heavy atom. The first-order chi connectivity index (χ1) is 9.00. The molecule has 1 aliphatic heterocycles. The van der Waals surface area contributed by atoms with Gasteiger partial charge in [-0.05, 0) is 18.6 Å². The van der Waals surface area contributed by atoms with Crippen molar-refractivity contribution in [1.29, 1.82) is 0 Å². The molecule has 6 heteroatoms. The standard InChI is InChI=1S/C13H14F2N2O2/c1-16-6-3-7-17(8-11(16)18)13(19)9-4-2-5-10(14)12(9)15/h2,4-5H,3,6-8H2,1H3. The summed E-state index contributed by atoms with van der Waals surface area (Å²) in [6, 6.07) is 3.45. The van der Waals surface area contributed by atoms with E-state index in [1.54, 1.807) is 7.05 Å². The van der Waals surface area contributed by atoms with E-state index in [-0.39, 0.29) is 18.0 Å². The molecule has 1 fully saturated rings. The summed E-state index contributed by atoms with van der Waals surface area (Å²) in [7, 11) is 1.65. The maximum absolute atomic E-state index is 13.6.